The molecule has 0 radical (unpaired) electrons. The number of carbonyl (C=O) groups excluding carboxylic acids is 1. The van der Waals surface area contributed by atoms with Crippen LogP contribution in [0, 0.1) is 0 Å². The number of nitrogens with zero attached hydrogens (tertiary/aromatic N) is 1. The molecule has 0 saturated carbocycles. The second-order valence-electron chi connectivity index (χ2n) is 5.12. The quantitative estimate of drug-likeness (QED) is 0.883. The second-order valence-corrected chi connectivity index (χ2v) is 6.10. The summed E-state index contributed by atoms with van der Waals surface area (Å²) in [5, 5.41) is 2.06. The maximum atomic E-state index is 12.4. The van der Waals surface area contributed by atoms with E-state index in [1.165, 1.54) is 4.88 Å². The molecule has 1 amide bonds. The lowest BCUT2D eigenvalue weighted by Gasteiger charge is -2.23. The summed E-state index contributed by atoms with van der Waals surface area (Å²) >= 11 is 1.71. The number of nitrogen functional groups attached to an aromatic ring is 1. The molecule has 2 N–H and O–H groups in total. The van der Waals surface area contributed by atoms with E-state index in [4.69, 9.17) is 10.5 Å². The van der Waals surface area contributed by atoms with Crippen molar-refractivity contribution in [1.82, 2.24) is 4.90 Å². The molecule has 1 aromatic heterocycles. The van der Waals surface area contributed by atoms with Gasteiger partial charge >= 0.3 is 0 Å². The zero-order chi connectivity index (χ0) is 14.7. The Kier molecular flexibility index (Phi) is 4.10. The zero-order valence-corrected chi connectivity index (χ0v) is 12.5. The van der Waals surface area contributed by atoms with Gasteiger partial charge in [0.05, 0.1) is 6.04 Å². The van der Waals surface area contributed by atoms with Crippen LogP contribution in [-0.2, 0) is 4.79 Å². The molecule has 4 nitrogen and oxygen atoms in total. The highest BCUT2D eigenvalue weighted by molar-refractivity contribution is 7.10. The van der Waals surface area contributed by atoms with Gasteiger partial charge in [0, 0.05) is 17.1 Å². The Bertz CT molecular complexity index is 595. The lowest BCUT2D eigenvalue weighted by atomic mass is 10.2. The predicted molar refractivity (Wildman–Crippen MR) is 84.4 cm³/mol. The van der Waals surface area contributed by atoms with Crippen LogP contribution >= 0.6 is 11.3 Å². The average Bonchev–Trinajstić information content (AvgIpc) is 3.16. The number of rotatable bonds is 4. The fourth-order valence-corrected chi connectivity index (χ4v) is 3.51. The highest BCUT2D eigenvalue weighted by atomic mass is 32.1. The third kappa shape index (κ3) is 3.19. The zero-order valence-electron chi connectivity index (χ0n) is 11.7. The Morgan fingerprint density at radius 3 is 2.86 bits per heavy atom. The van der Waals surface area contributed by atoms with Gasteiger partial charge in [-0.2, -0.15) is 0 Å². The molecule has 2 aromatic rings. The van der Waals surface area contributed by atoms with Gasteiger partial charge in [-0.25, -0.2) is 0 Å². The Hall–Kier alpha value is -2.01. The van der Waals surface area contributed by atoms with Crippen molar-refractivity contribution in [1.29, 1.82) is 0 Å². The lowest BCUT2D eigenvalue weighted by molar-refractivity contribution is -0.134. The molecule has 1 aliphatic rings. The fourth-order valence-electron chi connectivity index (χ4n) is 2.63. The number of ether oxygens (including phenoxy) is 1. The summed E-state index contributed by atoms with van der Waals surface area (Å²) < 4.78 is 5.56. The van der Waals surface area contributed by atoms with Gasteiger partial charge in [-0.15, -0.1) is 11.3 Å². The van der Waals surface area contributed by atoms with Gasteiger partial charge in [-0.05, 0) is 48.6 Å². The molecule has 0 bridgehead atoms. The molecular formula is C16H18N2O2S. The minimum atomic E-state index is 0.0442. The minimum Gasteiger partial charge on any atom is -0.484 e. The summed E-state index contributed by atoms with van der Waals surface area (Å²) in [4.78, 5) is 15.6. The predicted octanol–water partition coefficient (Wildman–Crippen LogP) is 3.07. The van der Waals surface area contributed by atoms with Crippen LogP contribution in [0.3, 0.4) is 0 Å². The van der Waals surface area contributed by atoms with Crippen LogP contribution < -0.4 is 10.5 Å². The summed E-state index contributed by atoms with van der Waals surface area (Å²) in [5.74, 6) is 0.715. The minimum absolute atomic E-state index is 0.0442. The maximum absolute atomic E-state index is 12.4. The van der Waals surface area contributed by atoms with Crippen LogP contribution in [0.15, 0.2) is 41.8 Å². The highest BCUT2D eigenvalue weighted by Gasteiger charge is 2.30. The molecule has 21 heavy (non-hydrogen) atoms. The Labute approximate surface area is 128 Å². The van der Waals surface area contributed by atoms with Crippen LogP contribution in [0.1, 0.15) is 23.8 Å². The van der Waals surface area contributed by atoms with Crippen molar-refractivity contribution >= 4 is 22.9 Å². The number of thiophene rings is 1. The van der Waals surface area contributed by atoms with Crippen molar-refractivity contribution in [3.8, 4) is 5.75 Å². The second kappa shape index (κ2) is 6.18. The lowest BCUT2D eigenvalue weighted by Crippen LogP contribution is -2.34. The van der Waals surface area contributed by atoms with E-state index in [9.17, 15) is 4.79 Å². The monoisotopic (exact) mass is 302 g/mol. The first-order chi connectivity index (χ1) is 10.2. The van der Waals surface area contributed by atoms with Crippen molar-refractivity contribution in [2.45, 2.75) is 18.9 Å². The molecule has 2 heterocycles. The maximum Gasteiger partial charge on any atom is 0.261 e. The standard InChI is InChI=1S/C16H18N2O2S/c17-12-5-7-13(8-6-12)20-11-16(19)18-9-1-3-14(18)15-4-2-10-21-15/h2,4-8,10,14H,1,3,9,11,17H2. The first-order valence-corrected chi connectivity index (χ1v) is 7.93. The topological polar surface area (TPSA) is 55.6 Å². The van der Waals surface area contributed by atoms with E-state index >= 15 is 0 Å². The molecule has 1 fully saturated rings. The number of benzene rings is 1. The van der Waals surface area contributed by atoms with E-state index in [-0.39, 0.29) is 18.6 Å². The molecule has 0 aliphatic carbocycles. The largest absolute Gasteiger partial charge is 0.484 e. The number of anilines is 1. The van der Waals surface area contributed by atoms with Gasteiger partial charge in [-0.3, -0.25) is 4.79 Å². The average molecular weight is 302 g/mol. The number of carbonyl (C=O) groups is 1. The van der Waals surface area contributed by atoms with Gasteiger partial charge in [0.15, 0.2) is 6.61 Å². The Morgan fingerprint density at radius 1 is 1.33 bits per heavy atom. The Balaban J connectivity index is 1.61. The summed E-state index contributed by atoms with van der Waals surface area (Å²) in [7, 11) is 0. The smallest absolute Gasteiger partial charge is 0.261 e. The molecule has 110 valence electrons. The van der Waals surface area contributed by atoms with Crippen molar-refractivity contribution in [2.75, 3.05) is 18.9 Å². The van der Waals surface area contributed by atoms with E-state index in [2.05, 4.69) is 11.4 Å². The molecule has 1 aromatic carbocycles. The van der Waals surface area contributed by atoms with E-state index < -0.39 is 0 Å². The van der Waals surface area contributed by atoms with E-state index in [1.54, 1.807) is 35.6 Å². The number of nitrogens with two attached hydrogens (primary N) is 1. The number of hydrogen-bond acceptors (Lipinski definition) is 4. The van der Waals surface area contributed by atoms with E-state index in [0.717, 1.165) is 19.4 Å². The third-order valence-electron chi connectivity index (χ3n) is 3.69. The normalized spacial score (nSPS) is 17.9. The number of likely N-dealkylation sites (tertiary alicyclic amines) is 1. The van der Waals surface area contributed by atoms with E-state index in [0.29, 0.717) is 11.4 Å². The Morgan fingerprint density at radius 2 is 2.14 bits per heavy atom. The molecule has 1 unspecified atom stereocenters. The van der Waals surface area contributed by atoms with E-state index in [1.807, 2.05) is 11.0 Å². The van der Waals surface area contributed by atoms with Gasteiger partial charge in [0.1, 0.15) is 5.75 Å². The van der Waals surface area contributed by atoms with Crippen LogP contribution in [0.5, 0.6) is 5.75 Å². The van der Waals surface area contributed by atoms with Gasteiger partial charge < -0.3 is 15.4 Å². The first kappa shape index (κ1) is 13.9. The fraction of sp³-hybridized carbons (Fsp3) is 0.312. The molecule has 0 spiro atoms. The summed E-state index contributed by atoms with van der Waals surface area (Å²) in [6.07, 6.45) is 2.09. The number of hydrogen-bond donors (Lipinski definition) is 1. The summed E-state index contributed by atoms with van der Waals surface area (Å²) in [5.41, 5.74) is 6.31. The van der Waals surface area contributed by atoms with Crippen LogP contribution in [0.4, 0.5) is 5.69 Å². The van der Waals surface area contributed by atoms with Crippen molar-refractivity contribution in [2.24, 2.45) is 0 Å². The summed E-state index contributed by atoms with van der Waals surface area (Å²) in [6.45, 7) is 0.887. The van der Waals surface area contributed by atoms with Crippen LogP contribution in [0.2, 0.25) is 0 Å². The van der Waals surface area contributed by atoms with Gasteiger partial charge in [-0.1, -0.05) is 6.07 Å². The molecule has 1 atom stereocenters. The molecular weight excluding hydrogens is 284 g/mol. The first-order valence-electron chi connectivity index (χ1n) is 7.05. The molecule has 1 saturated heterocycles. The molecule has 1 aliphatic heterocycles. The SMILES string of the molecule is Nc1ccc(OCC(=O)N2CCCC2c2cccs2)cc1. The van der Waals surface area contributed by atoms with Crippen LogP contribution in [-0.4, -0.2) is 24.0 Å². The molecule has 5 heteroatoms. The summed E-state index contributed by atoms with van der Waals surface area (Å²) in [6, 6.07) is 11.4. The van der Waals surface area contributed by atoms with Gasteiger partial charge in [0.2, 0.25) is 0 Å². The van der Waals surface area contributed by atoms with Crippen molar-refractivity contribution in [3.05, 3.63) is 46.7 Å². The van der Waals surface area contributed by atoms with Crippen molar-refractivity contribution in [3.63, 3.8) is 0 Å². The highest BCUT2D eigenvalue weighted by Crippen LogP contribution is 2.34. The third-order valence-corrected chi connectivity index (χ3v) is 4.66. The molecule has 3 rings (SSSR count). The van der Waals surface area contributed by atoms with Crippen molar-refractivity contribution < 1.29 is 9.53 Å². The van der Waals surface area contributed by atoms with Gasteiger partial charge in [0.25, 0.3) is 5.91 Å². The van der Waals surface area contributed by atoms with Crippen LogP contribution in [0.25, 0.3) is 0 Å². The number of amides is 1.